The summed E-state index contributed by atoms with van der Waals surface area (Å²) in [4.78, 5) is 15.6. The van der Waals surface area contributed by atoms with Crippen molar-refractivity contribution in [2.24, 2.45) is 0 Å². The van der Waals surface area contributed by atoms with Crippen LogP contribution in [0.4, 0.5) is 16.3 Å². The summed E-state index contributed by atoms with van der Waals surface area (Å²) in [6, 6.07) is 3.51. The molecule has 0 saturated heterocycles. The number of terminal acetylenes is 1. The van der Waals surface area contributed by atoms with Crippen LogP contribution in [0.15, 0.2) is 12.3 Å². The van der Waals surface area contributed by atoms with Gasteiger partial charge in [0.05, 0.1) is 17.8 Å². The molecule has 0 aliphatic carbocycles. The first kappa shape index (κ1) is 15.3. The molecule has 0 fully saturated rings. The number of carbonyl (C=O) groups is 1. The summed E-state index contributed by atoms with van der Waals surface area (Å²) < 4.78 is 5.11. The molecule has 1 aromatic rings. The summed E-state index contributed by atoms with van der Waals surface area (Å²) in [5.41, 5.74) is 0.253. The van der Waals surface area contributed by atoms with Gasteiger partial charge in [-0.15, -0.1) is 6.42 Å². The van der Waals surface area contributed by atoms with Gasteiger partial charge in [0.25, 0.3) is 0 Å². The molecule has 1 amide bonds. The molecule has 6 nitrogen and oxygen atoms in total. The van der Waals surface area contributed by atoms with Gasteiger partial charge < -0.3 is 10.1 Å². The van der Waals surface area contributed by atoms with Gasteiger partial charge in [-0.3, -0.25) is 5.32 Å². The average molecular weight is 272 g/mol. The topological polar surface area (TPSA) is 87.0 Å². The van der Waals surface area contributed by atoms with Crippen LogP contribution in [0, 0.1) is 23.7 Å². The Balaban J connectivity index is 2.85. The zero-order chi connectivity index (χ0) is 15.2. The third-order valence-electron chi connectivity index (χ3n) is 2.03. The minimum atomic E-state index is -0.613. The number of pyridine rings is 1. The fourth-order valence-corrected chi connectivity index (χ4v) is 1.31. The summed E-state index contributed by atoms with van der Waals surface area (Å²) in [7, 11) is 0. The van der Waals surface area contributed by atoms with E-state index in [1.807, 2.05) is 6.07 Å². The molecule has 1 rings (SSSR count). The highest BCUT2D eigenvalue weighted by Gasteiger charge is 2.17. The maximum Gasteiger partial charge on any atom is 0.413 e. The SMILES string of the molecule is C#CCNc1cc(NC(=O)OC(C)(C)C)ncc1C#N. The Morgan fingerprint density at radius 3 is 2.80 bits per heavy atom. The van der Waals surface area contributed by atoms with Gasteiger partial charge in [0.1, 0.15) is 17.5 Å². The predicted molar refractivity (Wildman–Crippen MR) is 76.1 cm³/mol. The van der Waals surface area contributed by atoms with Crippen molar-refractivity contribution >= 4 is 17.6 Å². The van der Waals surface area contributed by atoms with Crippen molar-refractivity contribution in [3.8, 4) is 18.4 Å². The fraction of sp³-hybridized carbons (Fsp3) is 0.357. The lowest BCUT2D eigenvalue weighted by Crippen LogP contribution is -2.27. The Labute approximate surface area is 118 Å². The second-order valence-corrected chi connectivity index (χ2v) is 4.91. The van der Waals surface area contributed by atoms with E-state index >= 15 is 0 Å². The molecule has 0 bridgehead atoms. The molecule has 2 N–H and O–H groups in total. The minimum Gasteiger partial charge on any atom is -0.444 e. The first-order chi connectivity index (χ1) is 9.35. The van der Waals surface area contributed by atoms with Gasteiger partial charge in [-0.25, -0.2) is 9.78 Å². The number of nitrogens with one attached hydrogen (secondary N) is 2. The quantitative estimate of drug-likeness (QED) is 0.825. The molecule has 0 aliphatic heterocycles. The summed E-state index contributed by atoms with van der Waals surface area (Å²) in [5.74, 6) is 2.68. The molecule has 20 heavy (non-hydrogen) atoms. The van der Waals surface area contributed by atoms with Crippen molar-refractivity contribution in [2.45, 2.75) is 26.4 Å². The summed E-state index contributed by atoms with van der Waals surface area (Å²) >= 11 is 0. The number of carbonyl (C=O) groups excluding carboxylic acids is 1. The lowest BCUT2D eigenvalue weighted by Gasteiger charge is -2.19. The molecule has 0 atom stereocenters. The molecular formula is C14H16N4O2. The van der Waals surface area contributed by atoms with E-state index in [1.165, 1.54) is 12.3 Å². The van der Waals surface area contributed by atoms with Gasteiger partial charge in [0, 0.05) is 12.3 Å². The highest BCUT2D eigenvalue weighted by atomic mass is 16.6. The van der Waals surface area contributed by atoms with Crippen LogP contribution in [0.2, 0.25) is 0 Å². The number of aromatic nitrogens is 1. The molecule has 0 radical (unpaired) electrons. The highest BCUT2D eigenvalue weighted by molar-refractivity contribution is 5.84. The zero-order valence-corrected chi connectivity index (χ0v) is 11.7. The molecule has 0 spiro atoms. The maximum atomic E-state index is 11.6. The van der Waals surface area contributed by atoms with Crippen LogP contribution in [0.1, 0.15) is 26.3 Å². The maximum absolute atomic E-state index is 11.6. The molecule has 0 unspecified atom stereocenters. The number of nitriles is 1. The van der Waals surface area contributed by atoms with E-state index < -0.39 is 11.7 Å². The monoisotopic (exact) mass is 272 g/mol. The van der Waals surface area contributed by atoms with Gasteiger partial charge in [0.15, 0.2) is 0 Å². The lowest BCUT2D eigenvalue weighted by molar-refractivity contribution is 0.0635. The molecule has 1 aromatic heterocycles. The molecule has 0 aliphatic rings. The first-order valence-corrected chi connectivity index (χ1v) is 5.93. The van der Waals surface area contributed by atoms with Gasteiger partial charge >= 0.3 is 6.09 Å². The minimum absolute atomic E-state index is 0.268. The van der Waals surface area contributed by atoms with Gasteiger partial charge in [0.2, 0.25) is 0 Å². The van der Waals surface area contributed by atoms with Crippen LogP contribution in [0.3, 0.4) is 0 Å². The number of nitrogens with zero attached hydrogens (tertiary/aromatic N) is 2. The van der Waals surface area contributed by atoms with E-state index in [0.29, 0.717) is 11.3 Å². The molecule has 1 heterocycles. The largest absolute Gasteiger partial charge is 0.444 e. The third kappa shape index (κ3) is 4.87. The van der Waals surface area contributed by atoms with Crippen LogP contribution < -0.4 is 10.6 Å². The van der Waals surface area contributed by atoms with Crippen LogP contribution in [-0.2, 0) is 4.74 Å². The fourth-order valence-electron chi connectivity index (χ4n) is 1.31. The molecular weight excluding hydrogens is 256 g/mol. The number of amides is 1. The van der Waals surface area contributed by atoms with Crippen molar-refractivity contribution in [3.63, 3.8) is 0 Å². The Hall–Kier alpha value is -2.73. The van der Waals surface area contributed by atoms with Gasteiger partial charge in [-0.1, -0.05) is 5.92 Å². The standard InChI is InChI=1S/C14H16N4O2/c1-5-6-16-11-7-12(17-9-10(11)8-15)18-13(19)20-14(2,3)4/h1,7,9H,6H2,2-4H3,(H2,16,17,18,19). The van der Waals surface area contributed by atoms with Gasteiger partial charge in [-0.2, -0.15) is 5.26 Å². The van der Waals surface area contributed by atoms with Crippen molar-refractivity contribution in [3.05, 3.63) is 17.8 Å². The highest BCUT2D eigenvalue weighted by Crippen LogP contribution is 2.18. The molecule has 6 heteroatoms. The lowest BCUT2D eigenvalue weighted by atomic mass is 10.2. The molecule has 0 aromatic carbocycles. The van der Waals surface area contributed by atoms with Crippen LogP contribution >= 0.6 is 0 Å². The average Bonchev–Trinajstić information content (AvgIpc) is 2.34. The van der Waals surface area contributed by atoms with Crippen molar-refractivity contribution < 1.29 is 9.53 Å². The van der Waals surface area contributed by atoms with Crippen LogP contribution in [0.25, 0.3) is 0 Å². The van der Waals surface area contributed by atoms with Crippen LogP contribution in [-0.4, -0.2) is 23.2 Å². The third-order valence-corrected chi connectivity index (χ3v) is 2.03. The Morgan fingerprint density at radius 2 is 2.25 bits per heavy atom. The summed E-state index contributed by atoms with van der Waals surface area (Å²) in [6.45, 7) is 5.56. The number of hydrogen-bond acceptors (Lipinski definition) is 5. The smallest absolute Gasteiger partial charge is 0.413 e. The Kier molecular flexibility index (Phi) is 4.94. The van der Waals surface area contributed by atoms with E-state index in [0.717, 1.165) is 0 Å². The van der Waals surface area contributed by atoms with E-state index in [2.05, 4.69) is 21.5 Å². The van der Waals surface area contributed by atoms with Crippen molar-refractivity contribution in [2.75, 3.05) is 17.2 Å². The number of ether oxygens (including phenoxy) is 1. The van der Waals surface area contributed by atoms with Crippen LogP contribution in [0.5, 0.6) is 0 Å². The van der Waals surface area contributed by atoms with Crippen molar-refractivity contribution in [1.82, 2.24) is 4.98 Å². The van der Waals surface area contributed by atoms with Gasteiger partial charge in [-0.05, 0) is 20.8 Å². The summed E-state index contributed by atoms with van der Waals surface area (Å²) in [5, 5.41) is 14.3. The predicted octanol–water partition coefficient (Wildman–Crippen LogP) is 2.35. The van der Waals surface area contributed by atoms with E-state index in [9.17, 15) is 4.79 Å². The zero-order valence-electron chi connectivity index (χ0n) is 11.7. The molecule has 104 valence electrons. The number of hydrogen-bond donors (Lipinski definition) is 2. The Morgan fingerprint density at radius 1 is 1.55 bits per heavy atom. The second-order valence-electron chi connectivity index (χ2n) is 4.91. The van der Waals surface area contributed by atoms with E-state index in [1.54, 1.807) is 20.8 Å². The van der Waals surface area contributed by atoms with Crippen molar-refractivity contribution in [1.29, 1.82) is 5.26 Å². The molecule has 0 saturated carbocycles. The second kappa shape index (κ2) is 6.44. The normalized spacial score (nSPS) is 10.1. The first-order valence-electron chi connectivity index (χ1n) is 5.93. The Bertz CT molecular complexity index is 576. The van der Waals surface area contributed by atoms with E-state index in [-0.39, 0.29) is 12.4 Å². The summed E-state index contributed by atoms with van der Waals surface area (Å²) in [6.07, 6.45) is 5.89. The number of anilines is 2. The number of rotatable bonds is 3. The van der Waals surface area contributed by atoms with E-state index in [4.69, 9.17) is 16.4 Å².